The molecule has 6 nitrogen and oxygen atoms in total. The fourth-order valence-corrected chi connectivity index (χ4v) is 6.27. The molecule has 2 aromatic rings. The summed E-state index contributed by atoms with van der Waals surface area (Å²) in [6.45, 7) is 1.58. The van der Waals surface area contributed by atoms with Crippen molar-refractivity contribution in [2.24, 2.45) is 17.8 Å². The zero-order chi connectivity index (χ0) is 25.3. The number of Topliss-reactive ketones (excluding diaryl/α,β-unsaturated/α-hetero) is 1. The maximum absolute atomic E-state index is 14.4. The van der Waals surface area contributed by atoms with Gasteiger partial charge in [0.05, 0.1) is 17.5 Å². The molecule has 1 N–H and O–H groups in total. The van der Waals surface area contributed by atoms with Crippen molar-refractivity contribution in [3.05, 3.63) is 94.4 Å². The normalized spacial score (nSPS) is 27.4. The van der Waals surface area contributed by atoms with E-state index < -0.39 is 35.2 Å². The average molecular weight is 483 g/mol. The molecule has 0 bridgehead atoms. The highest BCUT2D eigenvalue weighted by Gasteiger charge is 2.56. The summed E-state index contributed by atoms with van der Waals surface area (Å²) in [5, 5.41) is 9.75. The summed E-state index contributed by atoms with van der Waals surface area (Å²) in [5.74, 6) is -5.04. The predicted molar refractivity (Wildman–Crippen MR) is 128 cm³/mol. The zero-order valence-corrected chi connectivity index (χ0v) is 19.4. The van der Waals surface area contributed by atoms with E-state index in [4.69, 9.17) is 0 Å². The molecule has 36 heavy (non-hydrogen) atoms. The Labute approximate surface area is 206 Å². The highest BCUT2D eigenvalue weighted by Crippen LogP contribution is 2.55. The molecule has 0 aromatic heterocycles. The average Bonchev–Trinajstić information content (AvgIpc) is 3.13. The highest BCUT2D eigenvalue weighted by atomic mass is 19.1. The van der Waals surface area contributed by atoms with E-state index in [9.17, 15) is 28.7 Å². The number of fused-ring (bicyclic) bond motifs is 3. The molecular formula is C29H22FNO5. The van der Waals surface area contributed by atoms with Crippen molar-refractivity contribution in [1.29, 1.82) is 0 Å². The lowest BCUT2D eigenvalue weighted by molar-refractivity contribution is -0.123. The summed E-state index contributed by atoms with van der Waals surface area (Å²) < 4.78 is 14.4. The standard InChI is InChI=1S/C29H22FNO5/c1-14-11-23(33)20-13-19-17(24(26(20)27(14)34)15-7-10-22(32)21(30)12-15)8-9-18-25(19)29(36)31(28(18)35)16-5-3-2-4-6-16/h2-8,10-12,18-19,24-25,32H,9,13H2,1H3/t18-,19+,24-,25-/m0/s1. The maximum atomic E-state index is 14.4. The topological polar surface area (TPSA) is 91.8 Å². The van der Waals surface area contributed by atoms with Crippen molar-refractivity contribution >= 4 is 29.1 Å². The second-order valence-corrected chi connectivity index (χ2v) is 9.79. The molecule has 1 aliphatic heterocycles. The molecule has 0 saturated carbocycles. The number of rotatable bonds is 2. The van der Waals surface area contributed by atoms with Crippen LogP contribution in [0.15, 0.2) is 83.0 Å². The van der Waals surface area contributed by atoms with Crippen LogP contribution in [0.3, 0.4) is 0 Å². The summed E-state index contributed by atoms with van der Waals surface area (Å²) in [7, 11) is 0. The predicted octanol–water partition coefficient (Wildman–Crippen LogP) is 4.17. The van der Waals surface area contributed by atoms with Crippen molar-refractivity contribution in [3.63, 3.8) is 0 Å². The first kappa shape index (κ1) is 22.3. The molecule has 180 valence electrons. The van der Waals surface area contributed by atoms with Crippen LogP contribution >= 0.6 is 0 Å². The largest absolute Gasteiger partial charge is 0.505 e. The lowest BCUT2D eigenvalue weighted by atomic mass is 9.59. The van der Waals surface area contributed by atoms with Gasteiger partial charge in [0.25, 0.3) is 0 Å². The monoisotopic (exact) mass is 483 g/mol. The number of aromatic hydroxyl groups is 1. The van der Waals surface area contributed by atoms with Gasteiger partial charge in [-0.1, -0.05) is 35.9 Å². The van der Waals surface area contributed by atoms with Crippen LogP contribution in [0.4, 0.5) is 10.1 Å². The Morgan fingerprint density at radius 2 is 1.72 bits per heavy atom. The number of allylic oxidation sites excluding steroid dienone is 6. The van der Waals surface area contributed by atoms with Crippen LogP contribution in [0.5, 0.6) is 5.75 Å². The van der Waals surface area contributed by atoms with Gasteiger partial charge in [-0.05, 0) is 61.6 Å². The number of ketones is 2. The van der Waals surface area contributed by atoms with Crippen molar-refractivity contribution in [3.8, 4) is 5.75 Å². The van der Waals surface area contributed by atoms with Crippen LogP contribution in [0.1, 0.15) is 31.2 Å². The Morgan fingerprint density at radius 3 is 2.44 bits per heavy atom. The number of nitrogens with zero attached hydrogens (tertiary/aromatic N) is 1. The number of imide groups is 1. The number of hydrogen-bond acceptors (Lipinski definition) is 5. The summed E-state index contributed by atoms with van der Waals surface area (Å²) in [4.78, 5) is 54.7. The van der Waals surface area contributed by atoms with Crippen LogP contribution < -0.4 is 4.90 Å². The molecule has 0 unspecified atom stereocenters. The van der Waals surface area contributed by atoms with E-state index >= 15 is 0 Å². The Morgan fingerprint density at radius 1 is 0.972 bits per heavy atom. The molecule has 1 heterocycles. The third-order valence-electron chi connectivity index (χ3n) is 7.88. The first-order valence-electron chi connectivity index (χ1n) is 11.9. The van der Waals surface area contributed by atoms with E-state index in [0.717, 1.165) is 5.57 Å². The molecule has 0 spiro atoms. The Hall–Kier alpha value is -4.13. The SMILES string of the molecule is CC1=CC(=O)C2=C(C1=O)[C@@H](c1ccc(O)c(F)c1)C1=CC[C@@H]3C(=O)N(c4ccccc4)C(=O)[C@@H]3[C@@H]1C2. The van der Waals surface area contributed by atoms with Gasteiger partial charge in [0, 0.05) is 22.6 Å². The summed E-state index contributed by atoms with van der Waals surface area (Å²) >= 11 is 0. The number of benzene rings is 2. The molecular weight excluding hydrogens is 461 g/mol. The second-order valence-electron chi connectivity index (χ2n) is 9.79. The lowest BCUT2D eigenvalue weighted by Crippen LogP contribution is -2.39. The van der Waals surface area contributed by atoms with Gasteiger partial charge >= 0.3 is 0 Å². The van der Waals surface area contributed by atoms with Gasteiger partial charge in [-0.15, -0.1) is 0 Å². The fraction of sp³-hybridized carbons (Fsp3) is 0.241. The Bertz CT molecular complexity index is 1470. The third-order valence-corrected chi connectivity index (χ3v) is 7.88. The van der Waals surface area contributed by atoms with Gasteiger partial charge in [-0.25, -0.2) is 4.39 Å². The molecule has 1 saturated heterocycles. The Balaban J connectivity index is 1.50. The van der Waals surface area contributed by atoms with E-state index in [0.29, 0.717) is 34.4 Å². The number of phenolic OH excluding ortho intramolecular Hbond substituents is 1. The van der Waals surface area contributed by atoms with Crippen molar-refractivity contribution in [1.82, 2.24) is 0 Å². The molecule has 2 amide bonds. The smallest absolute Gasteiger partial charge is 0.238 e. The van der Waals surface area contributed by atoms with E-state index in [1.807, 2.05) is 6.08 Å². The molecule has 6 rings (SSSR count). The fourth-order valence-electron chi connectivity index (χ4n) is 6.27. The van der Waals surface area contributed by atoms with Crippen molar-refractivity contribution in [2.75, 3.05) is 4.90 Å². The quantitative estimate of drug-likeness (QED) is 0.393. The van der Waals surface area contributed by atoms with Crippen LogP contribution in [-0.2, 0) is 19.2 Å². The van der Waals surface area contributed by atoms with Gasteiger partial charge in [0.1, 0.15) is 0 Å². The van der Waals surface area contributed by atoms with E-state index in [1.165, 1.54) is 29.2 Å². The number of amides is 2. The van der Waals surface area contributed by atoms with E-state index in [-0.39, 0.29) is 29.8 Å². The van der Waals surface area contributed by atoms with Gasteiger partial charge in [-0.3, -0.25) is 24.1 Å². The molecule has 7 heteroatoms. The molecule has 4 atom stereocenters. The molecule has 0 radical (unpaired) electrons. The minimum atomic E-state index is -0.838. The first-order valence-corrected chi connectivity index (χ1v) is 11.9. The first-order chi connectivity index (χ1) is 17.3. The third kappa shape index (κ3) is 3.08. The minimum absolute atomic E-state index is 0.162. The summed E-state index contributed by atoms with van der Waals surface area (Å²) in [5.41, 5.74) is 2.57. The van der Waals surface area contributed by atoms with Gasteiger partial charge in [0.15, 0.2) is 23.1 Å². The van der Waals surface area contributed by atoms with Crippen molar-refractivity contribution < 1.29 is 28.7 Å². The van der Waals surface area contributed by atoms with E-state index in [2.05, 4.69) is 0 Å². The van der Waals surface area contributed by atoms with E-state index in [1.54, 1.807) is 37.3 Å². The van der Waals surface area contributed by atoms with Crippen molar-refractivity contribution in [2.45, 2.75) is 25.7 Å². The number of carbonyl (C=O) groups excluding carboxylic acids is 4. The molecule has 3 aliphatic carbocycles. The van der Waals surface area contributed by atoms with Crippen LogP contribution in [0, 0.1) is 23.6 Å². The van der Waals surface area contributed by atoms with Gasteiger partial charge in [-0.2, -0.15) is 0 Å². The second kappa shape index (κ2) is 7.95. The minimum Gasteiger partial charge on any atom is -0.505 e. The summed E-state index contributed by atoms with van der Waals surface area (Å²) in [6, 6.07) is 12.7. The van der Waals surface area contributed by atoms with Crippen LogP contribution in [0.25, 0.3) is 0 Å². The molecule has 2 aromatic carbocycles. The zero-order valence-electron chi connectivity index (χ0n) is 19.4. The van der Waals surface area contributed by atoms with Crippen LogP contribution in [0.2, 0.25) is 0 Å². The summed E-state index contributed by atoms with van der Waals surface area (Å²) in [6.07, 6.45) is 3.66. The number of para-hydroxylation sites is 1. The van der Waals surface area contributed by atoms with Gasteiger partial charge < -0.3 is 5.11 Å². The molecule has 4 aliphatic rings. The highest BCUT2D eigenvalue weighted by molar-refractivity contribution is 6.25. The number of anilines is 1. The number of hydrogen-bond donors (Lipinski definition) is 1. The maximum Gasteiger partial charge on any atom is 0.238 e. The molecule has 1 fully saturated rings. The van der Waals surface area contributed by atoms with Crippen LogP contribution in [-0.4, -0.2) is 28.5 Å². The number of phenols is 1. The number of halogens is 1. The van der Waals surface area contributed by atoms with Gasteiger partial charge in [0.2, 0.25) is 11.8 Å². The lowest BCUT2D eigenvalue weighted by Gasteiger charge is -2.42. The number of carbonyl (C=O) groups is 4. The Kier molecular flexibility index (Phi) is 4.93.